The first kappa shape index (κ1) is 7.61. The van der Waals surface area contributed by atoms with Crippen molar-refractivity contribution in [2.75, 3.05) is 5.75 Å². The van der Waals surface area contributed by atoms with Crippen molar-refractivity contribution in [2.45, 2.75) is 4.90 Å². The summed E-state index contributed by atoms with van der Waals surface area (Å²) in [5.74, 6) is 0.888. The van der Waals surface area contributed by atoms with Crippen LogP contribution in [0.1, 0.15) is 10.4 Å². The van der Waals surface area contributed by atoms with Crippen LogP contribution in [0.2, 0.25) is 0 Å². The first-order chi connectivity index (χ1) is 5.29. The first-order valence-electron chi connectivity index (χ1n) is 3.23. The van der Waals surface area contributed by atoms with Gasteiger partial charge < -0.3 is 0 Å². The third-order valence-electron chi connectivity index (χ3n) is 1.61. The van der Waals surface area contributed by atoms with Crippen molar-refractivity contribution in [3.63, 3.8) is 0 Å². The lowest BCUT2D eigenvalue weighted by Crippen LogP contribution is -1.94. The Morgan fingerprint density at radius 1 is 1.45 bits per heavy atom. The molecular formula is C8H5IOS. The molecule has 0 aromatic heterocycles. The van der Waals surface area contributed by atoms with E-state index in [4.69, 9.17) is 0 Å². The molecule has 1 nitrogen and oxygen atoms in total. The fraction of sp³-hybridized carbons (Fsp3) is 0.125. The quantitative estimate of drug-likeness (QED) is 0.677. The van der Waals surface area contributed by atoms with Crippen LogP contribution in [-0.2, 0) is 0 Å². The van der Waals surface area contributed by atoms with Crippen molar-refractivity contribution in [1.82, 2.24) is 0 Å². The smallest absolute Gasteiger partial charge is 0.174 e. The molecule has 56 valence electrons. The van der Waals surface area contributed by atoms with Gasteiger partial charge in [-0.25, -0.2) is 0 Å². The highest BCUT2D eigenvalue weighted by Crippen LogP contribution is 2.34. The average Bonchev–Trinajstić information content (AvgIpc) is 2.35. The Labute approximate surface area is 82.7 Å². The summed E-state index contributed by atoms with van der Waals surface area (Å²) >= 11 is 3.91. The number of thioether (sulfide) groups is 1. The summed E-state index contributed by atoms with van der Waals surface area (Å²) in [5.41, 5.74) is 0.905. The van der Waals surface area contributed by atoms with E-state index in [-0.39, 0.29) is 5.78 Å². The van der Waals surface area contributed by atoms with Crippen LogP contribution in [0.25, 0.3) is 0 Å². The van der Waals surface area contributed by atoms with Gasteiger partial charge in [0.15, 0.2) is 5.78 Å². The Morgan fingerprint density at radius 2 is 2.27 bits per heavy atom. The molecule has 0 bridgehead atoms. The highest BCUT2D eigenvalue weighted by atomic mass is 127. The maximum absolute atomic E-state index is 11.2. The minimum absolute atomic E-state index is 0.267. The fourth-order valence-electron chi connectivity index (χ4n) is 1.09. The molecule has 3 heteroatoms. The fourth-order valence-corrected chi connectivity index (χ4v) is 3.03. The summed E-state index contributed by atoms with van der Waals surface area (Å²) in [5, 5.41) is 0. The van der Waals surface area contributed by atoms with Crippen molar-refractivity contribution in [3.8, 4) is 0 Å². The minimum atomic E-state index is 0.267. The molecule has 0 fully saturated rings. The zero-order valence-electron chi connectivity index (χ0n) is 5.63. The second kappa shape index (κ2) is 2.79. The molecule has 1 aromatic rings. The summed E-state index contributed by atoms with van der Waals surface area (Å²) in [6, 6.07) is 5.87. The van der Waals surface area contributed by atoms with E-state index in [0.29, 0.717) is 5.75 Å². The highest BCUT2D eigenvalue weighted by molar-refractivity contribution is 14.1. The predicted molar refractivity (Wildman–Crippen MR) is 54.2 cm³/mol. The molecule has 1 aliphatic rings. The summed E-state index contributed by atoms with van der Waals surface area (Å²) in [7, 11) is 0. The number of halogens is 1. The normalized spacial score (nSPS) is 15.2. The monoisotopic (exact) mass is 276 g/mol. The maximum Gasteiger partial charge on any atom is 0.174 e. The largest absolute Gasteiger partial charge is 0.293 e. The second-order valence-electron chi connectivity index (χ2n) is 2.33. The van der Waals surface area contributed by atoms with Crippen molar-refractivity contribution in [1.29, 1.82) is 0 Å². The summed E-state index contributed by atoms with van der Waals surface area (Å²) < 4.78 is 1.19. The number of carbonyl (C=O) groups excluding carboxylic acids is 1. The summed E-state index contributed by atoms with van der Waals surface area (Å²) in [4.78, 5) is 12.4. The van der Waals surface area contributed by atoms with Crippen LogP contribution >= 0.6 is 34.4 Å². The van der Waals surface area contributed by atoms with Gasteiger partial charge in [0.2, 0.25) is 0 Å². The Hall–Kier alpha value is -0.0300. The number of Topliss-reactive ketones (excluding diaryl/α,β-unsaturated/α-hetero) is 1. The molecule has 2 rings (SSSR count). The molecule has 1 aromatic carbocycles. The molecular weight excluding hydrogens is 271 g/mol. The highest BCUT2D eigenvalue weighted by Gasteiger charge is 2.21. The van der Waals surface area contributed by atoms with E-state index in [0.717, 1.165) is 10.5 Å². The number of hydrogen-bond donors (Lipinski definition) is 0. The van der Waals surface area contributed by atoms with Crippen LogP contribution < -0.4 is 0 Å². The molecule has 0 amide bonds. The minimum Gasteiger partial charge on any atom is -0.293 e. The average molecular weight is 276 g/mol. The van der Waals surface area contributed by atoms with E-state index < -0.39 is 0 Å². The lowest BCUT2D eigenvalue weighted by atomic mass is 10.2. The third-order valence-corrected chi connectivity index (χ3v) is 4.01. The molecule has 0 unspecified atom stereocenters. The number of hydrogen-bond acceptors (Lipinski definition) is 2. The van der Waals surface area contributed by atoms with Crippen LogP contribution in [0.3, 0.4) is 0 Å². The van der Waals surface area contributed by atoms with Gasteiger partial charge in [0, 0.05) is 14.0 Å². The SMILES string of the molecule is O=C1CSc2c(I)cccc21. The molecule has 0 aliphatic carbocycles. The number of benzene rings is 1. The molecule has 1 heterocycles. The predicted octanol–water partition coefficient (Wildman–Crippen LogP) is 2.58. The molecule has 0 saturated carbocycles. The van der Waals surface area contributed by atoms with E-state index in [1.54, 1.807) is 11.8 Å². The van der Waals surface area contributed by atoms with E-state index in [1.165, 1.54) is 3.57 Å². The van der Waals surface area contributed by atoms with Gasteiger partial charge in [-0.3, -0.25) is 4.79 Å². The van der Waals surface area contributed by atoms with Gasteiger partial charge in [-0.2, -0.15) is 0 Å². The van der Waals surface area contributed by atoms with Crippen LogP contribution in [0.15, 0.2) is 23.1 Å². The molecule has 0 spiro atoms. The van der Waals surface area contributed by atoms with Gasteiger partial charge in [-0.05, 0) is 28.7 Å². The Balaban J connectivity index is 2.66. The lowest BCUT2D eigenvalue weighted by Gasteiger charge is -1.97. The van der Waals surface area contributed by atoms with Crippen molar-refractivity contribution in [3.05, 3.63) is 27.3 Å². The van der Waals surface area contributed by atoms with Crippen LogP contribution in [-0.4, -0.2) is 11.5 Å². The lowest BCUT2D eigenvalue weighted by molar-refractivity contribution is 0.102. The molecule has 1 aliphatic heterocycles. The van der Waals surface area contributed by atoms with Crippen LogP contribution in [0, 0.1) is 3.57 Å². The molecule has 0 N–H and O–H groups in total. The summed E-state index contributed by atoms with van der Waals surface area (Å²) in [6.07, 6.45) is 0. The molecule has 0 saturated heterocycles. The van der Waals surface area contributed by atoms with Gasteiger partial charge in [0.05, 0.1) is 5.75 Å². The number of rotatable bonds is 0. The van der Waals surface area contributed by atoms with Gasteiger partial charge in [-0.15, -0.1) is 11.8 Å². The number of ketones is 1. The number of carbonyl (C=O) groups is 1. The Morgan fingerprint density at radius 3 is 3.00 bits per heavy atom. The summed E-state index contributed by atoms with van der Waals surface area (Å²) in [6.45, 7) is 0. The van der Waals surface area contributed by atoms with Crippen LogP contribution in [0.4, 0.5) is 0 Å². The van der Waals surface area contributed by atoms with Crippen molar-refractivity contribution in [2.24, 2.45) is 0 Å². The first-order valence-corrected chi connectivity index (χ1v) is 5.30. The van der Waals surface area contributed by atoms with Crippen LogP contribution in [0.5, 0.6) is 0 Å². The zero-order chi connectivity index (χ0) is 7.84. The van der Waals surface area contributed by atoms with Gasteiger partial charge in [0.1, 0.15) is 0 Å². The molecule has 0 radical (unpaired) electrons. The Bertz CT molecular complexity index is 322. The van der Waals surface area contributed by atoms with E-state index in [9.17, 15) is 4.79 Å². The van der Waals surface area contributed by atoms with E-state index >= 15 is 0 Å². The maximum atomic E-state index is 11.2. The third kappa shape index (κ3) is 1.20. The van der Waals surface area contributed by atoms with Crippen molar-refractivity contribution < 1.29 is 4.79 Å². The van der Waals surface area contributed by atoms with Gasteiger partial charge >= 0.3 is 0 Å². The topological polar surface area (TPSA) is 17.1 Å². The van der Waals surface area contributed by atoms with Gasteiger partial charge in [0.25, 0.3) is 0 Å². The number of fused-ring (bicyclic) bond motifs is 1. The molecule has 0 atom stereocenters. The van der Waals surface area contributed by atoms with Gasteiger partial charge in [-0.1, -0.05) is 12.1 Å². The van der Waals surface area contributed by atoms with Crippen molar-refractivity contribution >= 4 is 40.1 Å². The zero-order valence-corrected chi connectivity index (χ0v) is 8.61. The molecule has 11 heavy (non-hydrogen) atoms. The standard InChI is InChI=1S/C8H5IOS/c9-6-3-1-2-5-7(10)4-11-8(5)6/h1-3H,4H2. The Kier molecular flexibility index (Phi) is 1.93. The van der Waals surface area contributed by atoms with E-state index in [1.807, 2.05) is 18.2 Å². The second-order valence-corrected chi connectivity index (χ2v) is 4.48. The van der Waals surface area contributed by atoms with E-state index in [2.05, 4.69) is 22.6 Å².